The van der Waals surface area contributed by atoms with Crippen molar-refractivity contribution in [3.05, 3.63) is 47.7 Å². The van der Waals surface area contributed by atoms with E-state index in [-0.39, 0.29) is 23.7 Å². The van der Waals surface area contributed by atoms with E-state index in [4.69, 9.17) is 15.5 Å². The number of ether oxygens (including phenoxy) is 1. The summed E-state index contributed by atoms with van der Waals surface area (Å²) in [6.45, 7) is 5.19. The van der Waals surface area contributed by atoms with Crippen molar-refractivity contribution in [1.29, 1.82) is 5.26 Å². The third kappa shape index (κ3) is 3.61. The number of imidazole rings is 1. The lowest BCUT2D eigenvalue weighted by Gasteiger charge is -2.40. The summed E-state index contributed by atoms with van der Waals surface area (Å²) in [7, 11) is 0. The molecule has 7 nitrogen and oxygen atoms in total. The minimum atomic E-state index is -0.406. The molecule has 0 radical (unpaired) electrons. The number of aliphatic imine (C=N–C) groups is 1. The molecule has 29 heavy (non-hydrogen) atoms. The molecule has 0 amide bonds. The Morgan fingerprint density at radius 2 is 2.17 bits per heavy atom. The van der Waals surface area contributed by atoms with Crippen LogP contribution in [0.15, 0.2) is 47.1 Å². The zero-order valence-electron chi connectivity index (χ0n) is 16.8. The first kappa shape index (κ1) is 19.5. The van der Waals surface area contributed by atoms with Gasteiger partial charge in [-0.1, -0.05) is 19.9 Å². The number of aromatic nitrogens is 2. The molecule has 1 aliphatic heterocycles. The Hall–Kier alpha value is -2.82. The summed E-state index contributed by atoms with van der Waals surface area (Å²) in [6.07, 6.45) is 6.67. The van der Waals surface area contributed by atoms with E-state index in [1.54, 1.807) is 12.5 Å². The second-order valence-corrected chi connectivity index (χ2v) is 8.54. The number of ketones is 1. The Balaban J connectivity index is 1.84. The first-order valence-electron chi connectivity index (χ1n) is 9.86. The molecule has 2 aliphatic rings. The van der Waals surface area contributed by atoms with Crippen molar-refractivity contribution in [2.45, 2.75) is 32.6 Å². The fourth-order valence-corrected chi connectivity index (χ4v) is 4.47. The molecular weight excluding hydrogens is 366 g/mol. The van der Waals surface area contributed by atoms with Gasteiger partial charge < -0.3 is 14.9 Å². The smallest absolute Gasteiger partial charge is 0.143 e. The van der Waals surface area contributed by atoms with Gasteiger partial charge in [0.15, 0.2) is 0 Å². The van der Waals surface area contributed by atoms with Crippen LogP contribution < -0.4 is 5.73 Å². The highest BCUT2D eigenvalue weighted by Crippen LogP contribution is 2.46. The third-order valence-corrected chi connectivity index (χ3v) is 5.66. The lowest BCUT2D eigenvalue weighted by molar-refractivity contribution is -0.124. The van der Waals surface area contributed by atoms with Gasteiger partial charge in [0.1, 0.15) is 5.78 Å². The van der Waals surface area contributed by atoms with E-state index in [1.807, 2.05) is 22.7 Å². The second-order valence-electron chi connectivity index (χ2n) is 8.54. The fourth-order valence-electron chi connectivity index (χ4n) is 4.47. The molecule has 7 heteroatoms. The number of rotatable bonds is 5. The van der Waals surface area contributed by atoms with Crippen molar-refractivity contribution in [3.8, 4) is 6.07 Å². The molecule has 1 fully saturated rings. The Labute approximate surface area is 169 Å². The summed E-state index contributed by atoms with van der Waals surface area (Å²) in [5, 5.41) is 10.0. The van der Waals surface area contributed by atoms with Gasteiger partial charge in [0.2, 0.25) is 0 Å². The number of Topliss-reactive ketones (excluding diaryl/α,β-unsaturated/α-hetero) is 1. The number of nitrogens with two attached hydrogens (primary N) is 1. The summed E-state index contributed by atoms with van der Waals surface area (Å²) >= 11 is 0. The summed E-state index contributed by atoms with van der Waals surface area (Å²) in [5.74, 6) is -0.623. The van der Waals surface area contributed by atoms with Crippen molar-refractivity contribution >= 4 is 17.0 Å². The van der Waals surface area contributed by atoms with E-state index >= 15 is 0 Å². The molecule has 0 aromatic carbocycles. The Bertz CT molecular complexity index is 1060. The van der Waals surface area contributed by atoms with Crippen LogP contribution in [0, 0.1) is 22.7 Å². The zero-order valence-corrected chi connectivity index (χ0v) is 16.8. The monoisotopic (exact) mass is 391 g/mol. The number of nitrogens with zero attached hydrogens (tertiary/aromatic N) is 4. The number of fused-ring (bicyclic) bond motifs is 2. The number of hydrogen-bond acceptors (Lipinski definition) is 6. The van der Waals surface area contributed by atoms with Crippen LogP contribution in [0.5, 0.6) is 0 Å². The number of carbonyl (C=O) groups excluding carboxylic acids is 1. The first-order valence-corrected chi connectivity index (χ1v) is 9.86. The van der Waals surface area contributed by atoms with Crippen LogP contribution in [0.2, 0.25) is 0 Å². The molecule has 2 N–H and O–H groups in total. The zero-order chi connectivity index (χ0) is 20.6. The van der Waals surface area contributed by atoms with Gasteiger partial charge in [-0.05, 0) is 23.5 Å². The van der Waals surface area contributed by atoms with Gasteiger partial charge in [0.25, 0.3) is 0 Å². The van der Waals surface area contributed by atoms with Gasteiger partial charge in [-0.25, -0.2) is 4.98 Å². The molecule has 1 aliphatic carbocycles. The first-order chi connectivity index (χ1) is 13.9. The molecule has 4 rings (SSSR count). The average Bonchev–Trinajstić information content (AvgIpc) is 3.14. The molecule has 2 aromatic rings. The van der Waals surface area contributed by atoms with Crippen molar-refractivity contribution < 1.29 is 9.53 Å². The summed E-state index contributed by atoms with van der Waals surface area (Å²) < 4.78 is 7.53. The Morgan fingerprint density at radius 3 is 2.93 bits per heavy atom. The van der Waals surface area contributed by atoms with Crippen molar-refractivity contribution in [2.75, 3.05) is 19.8 Å². The largest absolute Gasteiger partial charge is 0.374 e. The topological polar surface area (TPSA) is 106 Å². The molecule has 3 heterocycles. The molecule has 150 valence electrons. The predicted octanol–water partition coefficient (Wildman–Crippen LogP) is 2.63. The number of carbonyl (C=O) groups is 1. The number of nitriles is 1. The van der Waals surface area contributed by atoms with Gasteiger partial charge in [0.05, 0.1) is 54.5 Å². The van der Waals surface area contributed by atoms with Crippen LogP contribution in [-0.2, 0) is 9.53 Å². The molecule has 1 saturated carbocycles. The van der Waals surface area contributed by atoms with Crippen LogP contribution in [0.25, 0.3) is 5.52 Å². The normalized spacial score (nSPS) is 23.7. The lowest BCUT2D eigenvalue weighted by Crippen LogP contribution is -2.43. The average molecular weight is 391 g/mol. The molecule has 0 spiro atoms. The third-order valence-electron chi connectivity index (χ3n) is 5.66. The highest BCUT2D eigenvalue weighted by atomic mass is 16.5. The number of allylic oxidation sites excluding steroid dienone is 1. The van der Waals surface area contributed by atoms with Crippen molar-refractivity contribution in [1.82, 2.24) is 9.38 Å². The summed E-state index contributed by atoms with van der Waals surface area (Å²) in [4.78, 5) is 22.1. The summed E-state index contributed by atoms with van der Waals surface area (Å²) in [5.41, 5.74) is 9.23. The van der Waals surface area contributed by atoms with Crippen LogP contribution in [0.1, 0.15) is 38.2 Å². The summed E-state index contributed by atoms with van der Waals surface area (Å²) in [6, 6.07) is 6.27. The van der Waals surface area contributed by atoms with E-state index in [9.17, 15) is 10.1 Å². The highest BCUT2D eigenvalue weighted by Gasteiger charge is 2.46. The molecule has 2 unspecified atom stereocenters. The number of hydrogen-bond donors (Lipinski definition) is 1. The minimum Gasteiger partial charge on any atom is -0.374 e. The maximum Gasteiger partial charge on any atom is 0.143 e. The molecule has 0 bridgehead atoms. The maximum absolute atomic E-state index is 13.2. The van der Waals surface area contributed by atoms with Crippen LogP contribution in [-0.4, -0.2) is 40.6 Å². The Morgan fingerprint density at radius 1 is 1.34 bits per heavy atom. The van der Waals surface area contributed by atoms with Crippen LogP contribution >= 0.6 is 0 Å². The SMILES string of the molecule is CC1(C)CC(=O)C2C(=NC(COCCN)=C(C#N)C2c2ccc3cncn3c2)C1. The molecule has 0 saturated heterocycles. The van der Waals surface area contributed by atoms with Gasteiger partial charge in [-0.3, -0.25) is 9.79 Å². The maximum atomic E-state index is 13.2. The number of pyridine rings is 1. The lowest BCUT2D eigenvalue weighted by atomic mass is 9.63. The molecule has 2 atom stereocenters. The van der Waals surface area contributed by atoms with E-state index in [2.05, 4.69) is 24.9 Å². The highest BCUT2D eigenvalue weighted by molar-refractivity contribution is 6.10. The minimum absolute atomic E-state index is 0.140. The standard InChI is InChI=1S/C22H25N5O2/c1-22(2)7-17-21(19(28)8-22)20(14-3-4-15-10-25-13-27(15)11-14)16(9-24)18(26-17)12-29-6-5-23/h3-4,10-11,13,20-21H,5-8,12,23H2,1-2H3. The van der Waals surface area contributed by atoms with Crippen LogP contribution in [0.4, 0.5) is 0 Å². The van der Waals surface area contributed by atoms with Gasteiger partial charge in [-0.2, -0.15) is 5.26 Å². The Kier molecular flexibility index (Phi) is 5.07. The molecular formula is C22H25N5O2. The fraction of sp³-hybridized carbons (Fsp3) is 0.455. The van der Waals surface area contributed by atoms with E-state index in [1.165, 1.54) is 0 Å². The van der Waals surface area contributed by atoms with Gasteiger partial charge >= 0.3 is 0 Å². The second kappa shape index (κ2) is 7.54. The molecule has 2 aromatic heterocycles. The van der Waals surface area contributed by atoms with E-state index < -0.39 is 5.92 Å². The van der Waals surface area contributed by atoms with E-state index in [0.29, 0.717) is 30.8 Å². The van der Waals surface area contributed by atoms with Crippen LogP contribution in [0.3, 0.4) is 0 Å². The van der Waals surface area contributed by atoms with E-state index in [0.717, 1.165) is 23.2 Å². The van der Waals surface area contributed by atoms with Gasteiger partial charge in [-0.15, -0.1) is 0 Å². The van der Waals surface area contributed by atoms with Crippen molar-refractivity contribution in [3.63, 3.8) is 0 Å². The quantitative estimate of drug-likeness (QED) is 0.789. The van der Waals surface area contributed by atoms with Gasteiger partial charge in [0, 0.05) is 30.8 Å². The van der Waals surface area contributed by atoms with Crippen molar-refractivity contribution in [2.24, 2.45) is 22.1 Å². The predicted molar refractivity (Wildman–Crippen MR) is 109 cm³/mol.